The third kappa shape index (κ3) is 3.56. The van der Waals surface area contributed by atoms with E-state index in [0.29, 0.717) is 15.7 Å². The summed E-state index contributed by atoms with van der Waals surface area (Å²) in [6.45, 7) is 1.52. The van der Waals surface area contributed by atoms with Gasteiger partial charge in [0.25, 0.3) is 5.56 Å². The number of pyridine rings is 1. The van der Waals surface area contributed by atoms with Gasteiger partial charge in [-0.05, 0) is 37.3 Å². The monoisotopic (exact) mass is 398 g/mol. The summed E-state index contributed by atoms with van der Waals surface area (Å²) < 4.78 is 1.01. The van der Waals surface area contributed by atoms with Gasteiger partial charge in [-0.2, -0.15) is 5.26 Å². The number of aromatic nitrogens is 1. The highest BCUT2D eigenvalue weighted by molar-refractivity contribution is 6.35. The topological polar surface area (TPSA) is 90.7 Å². The summed E-state index contributed by atoms with van der Waals surface area (Å²) in [4.78, 5) is 12.9. The molecule has 0 radical (unpaired) electrons. The predicted molar refractivity (Wildman–Crippen MR) is 104 cm³/mol. The highest BCUT2D eigenvalue weighted by atomic mass is 35.5. The van der Waals surface area contributed by atoms with Gasteiger partial charge in [0.05, 0.1) is 10.7 Å². The van der Waals surface area contributed by atoms with Crippen LogP contribution in [0.2, 0.25) is 10.0 Å². The molecule has 3 aromatic rings. The summed E-state index contributed by atoms with van der Waals surface area (Å²) in [6, 6.07) is 15.0. The number of hydrogen-bond donors (Lipinski definition) is 1. The lowest BCUT2D eigenvalue weighted by Crippen LogP contribution is -2.20. The van der Waals surface area contributed by atoms with E-state index in [4.69, 9.17) is 23.2 Å². The molecule has 27 heavy (non-hydrogen) atoms. The number of hydrogen-bond acceptors (Lipinski definition) is 5. The fourth-order valence-electron chi connectivity index (χ4n) is 2.49. The van der Waals surface area contributed by atoms with Gasteiger partial charge in [-0.25, -0.2) is 4.57 Å². The van der Waals surface area contributed by atoms with Crippen molar-refractivity contribution in [1.82, 2.24) is 4.57 Å². The summed E-state index contributed by atoms with van der Waals surface area (Å²) in [6.07, 6.45) is 0. The van der Waals surface area contributed by atoms with Crippen LogP contribution in [0.25, 0.3) is 5.69 Å². The molecule has 0 atom stereocenters. The number of nitrogens with zero attached hydrogens (tertiary/aromatic N) is 4. The molecule has 0 aliphatic rings. The lowest BCUT2D eigenvalue weighted by Gasteiger charge is -2.12. The molecule has 3 rings (SSSR count). The summed E-state index contributed by atoms with van der Waals surface area (Å²) >= 11 is 12.0. The van der Waals surface area contributed by atoms with Crippen molar-refractivity contribution in [3.05, 3.63) is 80.1 Å². The molecule has 0 saturated carbocycles. The van der Waals surface area contributed by atoms with E-state index in [1.54, 1.807) is 42.5 Å². The number of para-hydroxylation sites is 1. The Bertz CT molecular complexity index is 1150. The van der Waals surface area contributed by atoms with Crippen LogP contribution in [0.3, 0.4) is 0 Å². The van der Waals surface area contributed by atoms with Gasteiger partial charge in [-0.3, -0.25) is 4.79 Å². The quantitative estimate of drug-likeness (QED) is 0.594. The Labute approximate surface area is 164 Å². The Balaban J connectivity index is 2.25. The molecule has 6 nitrogen and oxygen atoms in total. The number of nitriles is 1. The van der Waals surface area contributed by atoms with Gasteiger partial charge >= 0.3 is 0 Å². The molecular formula is C19H12Cl2N4O2. The highest BCUT2D eigenvalue weighted by Gasteiger charge is 2.20. The zero-order valence-electron chi connectivity index (χ0n) is 14.0. The van der Waals surface area contributed by atoms with E-state index in [9.17, 15) is 15.2 Å². The SMILES string of the molecule is Cc1c(C#N)c(O)n(-c2ccccc2)c(=O)c1N=Nc1cc(Cl)ccc1Cl. The van der Waals surface area contributed by atoms with Gasteiger partial charge in [0.15, 0.2) is 5.69 Å². The third-order valence-corrected chi connectivity index (χ3v) is 4.42. The Morgan fingerprint density at radius 1 is 1.11 bits per heavy atom. The van der Waals surface area contributed by atoms with Crippen LogP contribution in [0.5, 0.6) is 5.88 Å². The van der Waals surface area contributed by atoms with E-state index in [1.165, 1.54) is 13.0 Å². The van der Waals surface area contributed by atoms with Crippen molar-refractivity contribution in [2.24, 2.45) is 10.2 Å². The van der Waals surface area contributed by atoms with Gasteiger partial charge in [-0.15, -0.1) is 10.2 Å². The zero-order chi connectivity index (χ0) is 19.6. The van der Waals surface area contributed by atoms with Crippen molar-refractivity contribution >= 4 is 34.6 Å². The molecule has 1 aromatic heterocycles. The maximum atomic E-state index is 12.9. The minimum absolute atomic E-state index is 0.0652. The number of benzene rings is 2. The van der Waals surface area contributed by atoms with Crippen molar-refractivity contribution in [2.45, 2.75) is 6.92 Å². The second-order valence-electron chi connectivity index (χ2n) is 5.56. The van der Waals surface area contributed by atoms with Crippen LogP contribution < -0.4 is 5.56 Å². The maximum Gasteiger partial charge on any atom is 0.286 e. The zero-order valence-corrected chi connectivity index (χ0v) is 15.5. The Kier molecular flexibility index (Phi) is 5.26. The molecule has 0 spiro atoms. The van der Waals surface area contributed by atoms with E-state index in [2.05, 4.69) is 10.2 Å². The fourth-order valence-corrected chi connectivity index (χ4v) is 2.82. The molecule has 1 N–H and O–H groups in total. The van der Waals surface area contributed by atoms with Gasteiger partial charge in [0.1, 0.15) is 17.3 Å². The van der Waals surface area contributed by atoms with E-state index < -0.39 is 11.4 Å². The normalized spacial score (nSPS) is 10.9. The molecule has 0 amide bonds. The maximum absolute atomic E-state index is 12.9. The predicted octanol–water partition coefficient (Wildman–Crippen LogP) is 5.45. The van der Waals surface area contributed by atoms with E-state index in [1.807, 2.05) is 6.07 Å². The van der Waals surface area contributed by atoms with Gasteiger partial charge < -0.3 is 5.11 Å². The average Bonchev–Trinajstić information content (AvgIpc) is 2.65. The van der Waals surface area contributed by atoms with E-state index >= 15 is 0 Å². The molecule has 8 heteroatoms. The minimum atomic E-state index is -0.614. The second kappa shape index (κ2) is 7.62. The molecule has 0 unspecified atom stereocenters. The standard InChI is InChI=1S/C19H12Cl2N4O2/c1-11-14(10-22)18(26)25(13-5-3-2-4-6-13)19(27)17(11)24-23-16-9-12(20)7-8-15(16)21/h2-9,26H,1H3. The van der Waals surface area contributed by atoms with Crippen LogP contribution in [-0.2, 0) is 0 Å². The van der Waals surface area contributed by atoms with Crippen LogP contribution >= 0.6 is 23.2 Å². The van der Waals surface area contributed by atoms with Crippen molar-refractivity contribution in [2.75, 3.05) is 0 Å². The first kappa shape index (κ1) is 18.6. The highest BCUT2D eigenvalue weighted by Crippen LogP contribution is 2.32. The minimum Gasteiger partial charge on any atom is -0.493 e. The number of rotatable bonds is 3. The molecule has 1 heterocycles. The summed E-state index contributed by atoms with van der Waals surface area (Å²) in [5.41, 5.74) is 0.134. The molecule has 0 bridgehead atoms. The van der Waals surface area contributed by atoms with Crippen molar-refractivity contribution in [3.63, 3.8) is 0 Å². The van der Waals surface area contributed by atoms with Crippen LogP contribution in [0.15, 0.2) is 63.6 Å². The van der Waals surface area contributed by atoms with E-state index in [-0.39, 0.29) is 22.5 Å². The summed E-state index contributed by atoms with van der Waals surface area (Å²) in [7, 11) is 0. The Morgan fingerprint density at radius 2 is 1.81 bits per heavy atom. The van der Waals surface area contributed by atoms with Crippen molar-refractivity contribution < 1.29 is 5.11 Å². The Morgan fingerprint density at radius 3 is 2.48 bits per heavy atom. The van der Waals surface area contributed by atoms with Crippen LogP contribution in [-0.4, -0.2) is 9.67 Å². The molecular weight excluding hydrogens is 387 g/mol. The fraction of sp³-hybridized carbons (Fsp3) is 0.0526. The van der Waals surface area contributed by atoms with Gasteiger partial charge in [0.2, 0.25) is 5.88 Å². The van der Waals surface area contributed by atoms with Crippen molar-refractivity contribution in [1.29, 1.82) is 5.26 Å². The second-order valence-corrected chi connectivity index (χ2v) is 6.40. The van der Waals surface area contributed by atoms with Crippen molar-refractivity contribution in [3.8, 4) is 17.6 Å². The molecule has 0 aliphatic heterocycles. The third-order valence-electron chi connectivity index (χ3n) is 3.86. The van der Waals surface area contributed by atoms with Crippen LogP contribution in [0.1, 0.15) is 11.1 Å². The molecule has 0 aliphatic carbocycles. The van der Waals surface area contributed by atoms with Crippen LogP contribution in [0.4, 0.5) is 11.4 Å². The Hall–Kier alpha value is -3.14. The van der Waals surface area contributed by atoms with Gasteiger partial charge in [0, 0.05) is 10.6 Å². The number of azo groups is 1. The molecule has 0 fully saturated rings. The number of aromatic hydroxyl groups is 1. The smallest absolute Gasteiger partial charge is 0.286 e. The first-order chi connectivity index (χ1) is 12.9. The van der Waals surface area contributed by atoms with E-state index in [0.717, 1.165) is 4.57 Å². The first-order valence-electron chi connectivity index (χ1n) is 7.75. The average molecular weight is 399 g/mol. The largest absolute Gasteiger partial charge is 0.493 e. The first-order valence-corrected chi connectivity index (χ1v) is 8.50. The van der Waals surface area contributed by atoms with Gasteiger partial charge in [-0.1, -0.05) is 41.4 Å². The van der Waals surface area contributed by atoms with Crippen LogP contribution in [0, 0.1) is 18.3 Å². The molecule has 2 aromatic carbocycles. The molecule has 0 saturated heterocycles. The lowest BCUT2D eigenvalue weighted by atomic mass is 10.1. The summed E-state index contributed by atoms with van der Waals surface area (Å²) in [5, 5.41) is 28.6. The molecule has 134 valence electrons. The number of halogens is 2. The summed E-state index contributed by atoms with van der Waals surface area (Å²) in [5.74, 6) is -0.453. The lowest BCUT2D eigenvalue weighted by molar-refractivity contribution is 0.433.